The Hall–Kier alpha value is -2.73. The number of hydrogen-bond donors (Lipinski definition) is 1. The normalized spacial score (nSPS) is 10.9. The van der Waals surface area contributed by atoms with E-state index in [1.807, 2.05) is 12.1 Å². The summed E-state index contributed by atoms with van der Waals surface area (Å²) in [5, 5.41) is 7.75. The van der Waals surface area contributed by atoms with Crippen molar-refractivity contribution >= 4 is 17.3 Å². The molecule has 2 aromatic carbocycles. The van der Waals surface area contributed by atoms with Gasteiger partial charge >= 0.3 is 0 Å². The molecule has 0 aliphatic carbocycles. The van der Waals surface area contributed by atoms with Gasteiger partial charge in [-0.25, -0.2) is 0 Å². The molecule has 0 aliphatic heterocycles. The van der Waals surface area contributed by atoms with E-state index in [1.54, 1.807) is 26.4 Å². The van der Waals surface area contributed by atoms with Gasteiger partial charge in [-0.3, -0.25) is 0 Å². The molecule has 0 saturated heterocycles. The maximum atomic E-state index is 6.13. The lowest BCUT2D eigenvalue weighted by molar-refractivity contribution is 0.383. The second-order valence-corrected chi connectivity index (χ2v) is 6.74. The monoisotopic (exact) mass is 387 g/mol. The summed E-state index contributed by atoms with van der Waals surface area (Å²) >= 11 is 6.13. The predicted octanol–water partition coefficient (Wildman–Crippen LogP) is 5.14. The van der Waals surface area contributed by atoms with Gasteiger partial charge < -0.3 is 19.3 Å². The van der Waals surface area contributed by atoms with E-state index in [0.717, 1.165) is 11.3 Å². The highest BCUT2D eigenvalue weighted by Gasteiger charge is 2.13. The zero-order valence-corrected chi connectivity index (χ0v) is 16.5. The standard InChI is InChI=1S/C20H22ClN3O3/c1-12(2)13-5-7-14(8-6-13)20-23-19(27-24-20)11-22-16-10-17(25-3)15(21)9-18(16)26-4/h5-10,12,22H,11H2,1-4H3. The fraction of sp³-hybridized carbons (Fsp3) is 0.300. The molecule has 0 radical (unpaired) electrons. The summed E-state index contributed by atoms with van der Waals surface area (Å²) < 4.78 is 15.9. The van der Waals surface area contributed by atoms with Crippen LogP contribution in [0.4, 0.5) is 5.69 Å². The van der Waals surface area contributed by atoms with Crippen molar-refractivity contribution in [3.05, 3.63) is 52.9 Å². The van der Waals surface area contributed by atoms with Crippen LogP contribution < -0.4 is 14.8 Å². The van der Waals surface area contributed by atoms with Crippen LogP contribution in [0.25, 0.3) is 11.4 Å². The van der Waals surface area contributed by atoms with Crippen molar-refractivity contribution in [1.82, 2.24) is 10.1 Å². The highest BCUT2D eigenvalue weighted by molar-refractivity contribution is 6.32. The van der Waals surface area contributed by atoms with Crippen LogP contribution in [0.15, 0.2) is 40.9 Å². The molecule has 1 aromatic heterocycles. The number of methoxy groups -OCH3 is 2. The van der Waals surface area contributed by atoms with Crippen molar-refractivity contribution in [3.8, 4) is 22.9 Å². The minimum atomic E-state index is 0.345. The van der Waals surface area contributed by atoms with Crippen LogP contribution in [-0.4, -0.2) is 24.4 Å². The molecule has 0 aliphatic rings. The second-order valence-electron chi connectivity index (χ2n) is 6.33. The highest BCUT2D eigenvalue weighted by atomic mass is 35.5. The number of nitrogens with zero attached hydrogens (tertiary/aromatic N) is 2. The summed E-state index contributed by atoms with van der Waals surface area (Å²) in [5.74, 6) is 2.66. The Morgan fingerprint density at radius 2 is 1.78 bits per heavy atom. The third-order valence-electron chi connectivity index (χ3n) is 4.21. The Balaban J connectivity index is 1.73. The largest absolute Gasteiger partial charge is 0.495 e. The first-order valence-corrected chi connectivity index (χ1v) is 8.98. The van der Waals surface area contributed by atoms with Crippen molar-refractivity contribution in [2.24, 2.45) is 0 Å². The molecular weight excluding hydrogens is 366 g/mol. The van der Waals surface area contributed by atoms with E-state index < -0.39 is 0 Å². The molecule has 0 atom stereocenters. The van der Waals surface area contributed by atoms with Crippen molar-refractivity contribution in [2.45, 2.75) is 26.3 Å². The molecule has 6 nitrogen and oxygen atoms in total. The van der Waals surface area contributed by atoms with Crippen molar-refractivity contribution in [2.75, 3.05) is 19.5 Å². The molecule has 1 N–H and O–H groups in total. The number of anilines is 1. The lowest BCUT2D eigenvalue weighted by atomic mass is 10.0. The molecule has 7 heteroatoms. The van der Waals surface area contributed by atoms with Gasteiger partial charge in [-0.15, -0.1) is 0 Å². The molecule has 27 heavy (non-hydrogen) atoms. The van der Waals surface area contributed by atoms with E-state index in [9.17, 15) is 0 Å². The van der Waals surface area contributed by atoms with Gasteiger partial charge in [-0.2, -0.15) is 4.98 Å². The Morgan fingerprint density at radius 3 is 2.41 bits per heavy atom. The molecule has 0 bridgehead atoms. The number of halogens is 1. The quantitative estimate of drug-likeness (QED) is 0.605. The van der Waals surface area contributed by atoms with Crippen LogP contribution in [0.2, 0.25) is 5.02 Å². The van der Waals surface area contributed by atoms with Crippen molar-refractivity contribution < 1.29 is 14.0 Å². The average Bonchev–Trinajstić information content (AvgIpc) is 3.15. The Morgan fingerprint density at radius 1 is 1.07 bits per heavy atom. The van der Waals surface area contributed by atoms with Gasteiger partial charge in [0.15, 0.2) is 0 Å². The van der Waals surface area contributed by atoms with Gasteiger partial charge in [-0.05, 0) is 11.5 Å². The van der Waals surface area contributed by atoms with Gasteiger partial charge in [0.05, 0.1) is 31.5 Å². The van der Waals surface area contributed by atoms with E-state index in [4.69, 9.17) is 25.6 Å². The van der Waals surface area contributed by atoms with Crippen LogP contribution in [0.1, 0.15) is 31.2 Å². The fourth-order valence-electron chi connectivity index (χ4n) is 2.63. The van der Waals surface area contributed by atoms with Crippen LogP contribution in [0.3, 0.4) is 0 Å². The first-order valence-electron chi connectivity index (χ1n) is 8.60. The molecule has 0 unspecified atom stereocenters. The first-order chi connectivity index (χ1) is 13.0. The second kappa shape index (κ2) is 8.31. The maximum absolute atomic E-state index is 6.13. The number of hydrogen-bond acceptors (Lipinski definition) is 6. The molecular formula is C20H22ClN3O3. The minimum absolute atomic E-state index is 0.345. The summed E-state index contributed by atoms with van der Waals surface area (Å²) in [4.78, 5) is 4.45. The summed E-state index contributed by atoms with van der Waals surface area (Å²) in [7, 11) is 3.14. The van der Waals surface area contributed by atoms with Crippen LogP contribution in [0.5, 0.6) is 11.5 Å². The number of rotatable bonds is 7. The molecule has 0 fully saturated rings. The van der Waals surface area contributed by atoms with E-state index in [1.165, 1.54) is 5.56 Å². The van der Waals surface area contributed by atoms with Gasteiger partial charge in [0.1, 0.15) is 11.5 Å². The predicted molar refractivity (Wildman–Crippen MR) is 106 cm³/mol. The lowest BCUT2D eigenvalue weighted by Gasteiger charge is -2.12. The number of benzene rings is 2. The summed E-state index contributed by atoms with van der Waals surface area (Å²) in [6, 6.07) is 11.6. The topological polar surface area (TPSA) is 69.4 Å². The SMILES string of the molecule is COc1cc(NCc2nc(-c3ccc(C(C)C)cc3)no2)c(OC)cc1Cl. The van der Waals surface area contributed by atoms with Gasteiger partial charge in [0, 0.05) is 17.7 Å². The van der Waals surface area contributed by atoms with Crippen LogP contribution >= 0.6 is 11.6 Å². The third-order valence-corrected chi connectivity index (χ3v) is 4.50. The van der Waals surface area contributed by atoms with Gasteiger partial charge in [-0.1, -0.05) is 54.9 Å². The maximum Gasteiger partial charge on any atom is 0.246 e. The third kappa shape index (κ3) is 4.34. The van der Waals surface area contributed by atoms with Crippen LogP contribution in [-0.2, 0) is 6.54 Å². The zero-order chi connectivity index (χ0) is 19.4. The smallest absolute Gasteiger partial charge is 0.246 e. The van der Waals surface area contributed by atoms with Gasteiger partial charge in [0.25, 0.3) is 0 Å². The van der Waals surface area contributed by atoms with Crippen LogP contribution in [0, 0.1) is 0 Å². The fourth-order valence-corrected chi connectivity index (χ4v) is 2.86. The minimum Gasteiger partial charge on any atom is -0.495 e. The number of ether oxygens (including phenoxy) is 2. The highest BCUT2D eigenvalue weighted by Crippen LogP contribution is 2.36. The van der Waals surface area contributed by atoms with E-state index in [2.05, 4.69) is 41.4 Å². The Bertz CT molecular complexity index is 907. The van der Waals surface area contributed by atoms with E-state index in [0.29, 0.717) is 40.7 Å². The van der Waals surface area contributed by atoms with Crippen molar-refractivity contribution in [3.63, 3.8) is 0 Å². The Kier molecular flexibility index (Phi) is 5.86. The number of nitrogens with one attached hydrogen (secondary N) is 1. The first kappa shape index (κ1) is 19.0. The molecule has 0 spiro atoms. The Labute approximate surface area is 163 Å². The molecule has 0 saturated carbocycles. The van der Waals surface area contributed by atoms with E-state index >= 15 is 0 Å². The van der Waals surface area contributed by atoms with Crippen molar-refractivity contribution in [1.29, 1.82) is 0 Å². The molecule has 3 rings (SSSR count). The summed E-state index contributed by atoms with van der Waals surface area (Å²) in [5.41, 5.74) is 2.91. The number of aromatic nitrogens is 2. The summed E-state index contributed by atoms with van der Waals surface area (Å²) in [6.07, 6.45) is 0. The summed E-state index contributed by atoms with van der Waals surface area (Å²) in [6.45, 7) is 4.67. The van der Waals surface area contributed by atoms with Gasteiger partial charge in [0.2, 0.25) is 11.7 Å². The van der Waals surface area contributed by atoms with E-state index in [-0.39, 0.29) is 0 Å². The zero-order valence-electron chi connectivity index (χ0n) is 15.7. The molecule has 0 amide bonds. The average molecular weight is 388 g/mol. The molecule has 3 aromatic rings. The lowest BCUT2D eigenvalue weighted by Crippen LogP contribution is -2.02. The molecule has 142 valence electrons. The molecule has 1 heterocycles.